The molecular formula is C18H20ClNO. The van der Waals surface area contributed by atoms with Crippen LogP contribution < -0.4 is 0 Å². The molecule has 2 aromatic rings. The summed E-state index contributed by atoms with van der Waals surface area (Å²) in [6, 6.07) is 17.2. The lowest BCUT2D eigenvalue weighted by Crippen LogP contribution is -2.38. The zero-order valence-electron chi connectivity index (χ0n) is 12.4. The van der Waals surface area contributed by atoms with Crippen molar-refractivity contribution in [1.82, 2.24) is 4.90 Å². The number of hydrogen-bond acceptors (Lipinski definition) is 2. The van der Waals surface area contributed by atoms with Gasteiger partial charge in [-0.25, -0.2) is 0 Å². The van der Waals surface area contributed by atoms with E-state index in [1.54, 1.807) is 24.3 Å². The van der Waals surface area contributed by atoms with Crippen LogP contribution in [0.3, 0.4) is 0 Å². The van der Waals surface area contributed by atoms with Crippen molar-refractivity contribution in [3.63, 3.8) is 0 Å². The van der Waals surface area contributed by atoms with Gasteiger partial charge in [0.25, 0.3) is 0 Å². The van der Waals surface area contributed by atoms with Crippen molar-refractivity contribution in [2.45, 2.75) is 26.4 Å². The normalized spacial score (nSPS) is 12.4. The van der Waals surface area contributed by atoms with E-state index in [2.05, 4.69) is 24.0 Å². The molecule has 0 spiro atoms. The summed E-state index contributed by atoms with van der Waals surface area (Å²) in [7, 11) is 0. The first kappa shape index (κ1) is 15.7. The predicted molar refractivity (Wildman–Crippen MR) is 87.8 cm³/mol. The highest BCUT2D eigenvalue weighted by atomic mass is 35.5. The second-order valence-electron chi connectivity index (χ2n) is 5.10. The molecule has 0 fully saturated rings. The quantitative estimate of drug-likeness (QED) is 0.736. The number of nitrogens with zero attached hydrogens (tertiary/aromatic N) is 1. The maximum atomic E-state index is 12.6. The number of likely N-dealkylation sites (N-methyl/N-ethyl adjacent to an activating group) is 1. The van der Waals surface area contributed by atoms with Gasteiger partial charge in [0.05, 0.1) is 6.04 Å². The molecule has 21 heavy (non-hydrogen) atoms. The topological polar surface area (TPSA) is 20.3 Å². The predicted octanol–water partition coefficient (Wildman–Crippen LogP) is 4.43. The van der Waals surface area contributed by atoms with Crippen LogP contribution in [0.2, 0.25) is 5.02 Å². The van der Waals surface area contributed by atoms with Gasteiger partial charge >= 0.3 is 0 Å². The molecule has 0 aliphatic rings. The van der Waals surface area contributed by atoms with Gasteiger partial charge in [-0.2, -0.15) is 0 Å². The summed E-state index contributed by atoms with van der Waals surface area (Å²) in [6.07, 6.45) is 0. The number of hydrogen-bond donors (Lipinski definition) is 0. The molecule has 2 nitrogen and oxygen atoms in total. The Balaban J connectivity index is 2.10. The number of halogens is 1. The van der Waals surface area contributed by atoms with E-state index in [-0.39, 0.29) is 11.8 Å². The van der Waals surface area contributed by atoms with Gasteiger partial charge in [-0.15, -0.1) is 0 Å². The lowest BCUT2D eigenvalue weighted by molar-refractivity contribution is 0.0835. The van der Waals surface area contributed by atoms with Crippen LogP contribution >= 0.6 is 11.6 Å². The maximum Gasteiger partial charge on any atom is 0.179 e. The SMILES string of the molecule is CCN(Cc1ccccc1)C(C)C(=O)c1ccc(Cl)cc1. The fourth-order valence-corrected chi connectivity index (χ4v) is 2.49. The lowest BCUT2D eigenvalue weighted by atomic mass is 10.0. The molecule has 0 radical (unpaired) electrons. The molecule has 0 aliphatic carbocycles. The first-order valence-corrected chi connectivity index (χ1v) is 7.57. The number of carbonyl (C=O) groups excluding carboxylic acids is 1. The minimum absolute atomic E-state index is 0.129. The average Bonchev–Trinajstić information content (AvgIpc) is 2.53. The first-order chi connectivity index (χ1) is 10.1. The van der Waals surface area contributed by atoms with Crippen LogP contribution in [0, 0.1) is 0 Å². The molecule has 0 saturated heterocycles. The van der Waals surface area contributed by atoms with Crippen LogP contribution in [-0.2, 0) is 6.54 Å². The fourth-order valence-electron chi connectivity index (χ4n) is 2.36. The summed E-state index contributed by atoms with van der Waals surface area (Å²) in [5, 5.41) is 0.649. The molecule has 1 unspecified atom stereocenters. The van der Waals surface area contributed by atoms with E-state index in [1.165, 1.54) is 5.56 Å². The molecular weight excluding hydrogens is 282 g/mol. The first-order valence-electron chi connectivity index (χ1n) is 7.19. The van der Waals surface area contributed by atoms with Gasteiger partial charge < -0.3 is 0 Å². The van der Waals surface area contributed by atoms with Crippen LogP contribution in [0.5, 0.6) is 0 Å². The Morgan fingerprint density at radius 2 is 1.71 bits per heavy atom. The number of Topliss-reactive ketones (excluding diaryl/α,β-unsaturated/α-hetero) is 1. The van der Waals surface area contributed by atoms with E-state index in [0.717, 1.165) is 13.1 Å². The van der Waals surface area contributed by atoms with E-state index >= 15 is 0 Å². The summed E-state index contributed by atoms with van der Waals surface area (Å²) in [6.45, 7) is 5.64. The summed E-state index contributed by atoms with van der Waals surface area (Å²) < 4.78 is 0. The number of ketones is 1. The van der Waals surface area contributed by atoms with Gasteiger partial charge in [0.15, 0.2) is 5.78 Å². The molecule has 0 amide bonds. The minimum atomic E-state index is -0.156. The van der Waals surface area contributed by atoms with Crippen molar-refractivity contribution in [3.8, 4) is 0 Å². The third-order valence-corrected chi connectivity index (χ3v) is 3.94. The Labute approximate surface area is 131 Å². The van der Waals surface area contributed by atoms with Gasteiger partial charge in [-0.3, -0.25) is 9.69 Å². The van der Waals surface area contributed by atoms with E-state index in [9.17, 15) is 4.79 Å². The van der Waals surface area contributed by atoms with E-state index in [4.69, 9.17) is 11.6 Å². The van der Waals surface area contributed by atoms with Gasteiger partial charge in [0, 0.05) is 17.1 Å². The molecule has 0 heterocycles. The molecule has 0 aromatic heterocycles. The van der Waals surface area contributed by atoms with E-state index in [0.29, 0.717) is 10.6 Å². The molecule has 0 saturated carbocycles. The van der Waals surface area contributed by atoms with Crippen molar-refractivity contribution in [2.75, 3.05) is 6.54 Å². The minimum Gasteiger partial charge on any atom is -0.292 e. The van der Waals surface area contributed by atoms with Crippen LogP contribution in [0.25, 0.3) is 0 Å². The smallest absolute Gasteiger partial charge is 0.179 e. The van der Waals surface area contributed by atoms with Crippen molar-refractivity contribution < 1.29 is 4.79 Å². The molecule has 0 N–H and O–H groups in total. The van der Waals surface area contributed by atoms with Crippen LogP contribution in [-0.4, -0.2) is 23.3 Å². The van der Waals surface area contributed by atoms with Crippen molar-refractivity contribution in [3.05, 3.63) is 70.7 Å². The zero-order valence-corrected chi connectivity index (χ0v) is 13.2. The average molecular weight is 302 g/mol. The number of benzene rings is 2. The maximum absolute atomic E-state index is 12.6. The Hall–Kier alpha value is -1.64. The summed E-state index contributed by atoms with van der Waals surface area (Å²) in [5.41, 5.74) is 1.92. The Bertz CT molecular complexity index is 580. The number of rotatable bonds is 6. The Morgan fingerprint density at radius 3 is 2.29 bits per heavy atom. The summed E-state index contributed by atoms with van der Waals surface area (Å²) in [4.78, 5) is 14.7. The third kappa shape index (κ3) is 4.16. The highest BCUT2D eigenvalue weighted by Gasteiger charge is 2.21. The summed E-state index contributed by atoms with van der Waals surface area (Å²) in [5.74, 6) is 0.129. The highest BCUT2D eigenvalue weighted by Crippen LogP contribution is 2.15. The largest absolute Gasteiger partial charge is 0.292 e. The second kappa shape index (κ2) is 7.39. The molecule has 3 heteroatoms. The fraction of sp³-hybridized carbons (Fsp3) is 0.278. The molecule has 2 aromatic carbocycles. The molecule has 0 aliphatic heterocycles. The second-order valence-corrected chi connectivity index (χ2v) is 5.53. The van der Waals surface area contributed by atoms with Crippen LogP contribution in [0.1, 0.15) is 29.8 Å². The number of carbonyl (C=O) groups is 1. The highest BCUT2D eigenvalue weighted by molar-refractivity contribution is 6.30. The Kier molecular flexibility index (Phi) is 5.54. The van der Waals surface area contributed by atoms with Crippen molar-refractivity contribution in [1.29, 1.82) is 0 Å². The third-order valence-electron chi connectivity index (χ3n) is 3.69. The standard InChI is InChI=1S/C18H20ClNO/c1-3-20(13-15-7-5-4-6-8-15)14(2)18(21)16-9-11-17(19)12-10-16/h4-12,14H,3,13H2,1-2H3. The zero-order chi connectivity index (χ0) is 15.2. The molecule has 0 bridgehead atoms. The monoisotopic (exact) mass is 301 g/mol. The summed E-state index contributed by atoms with van der Waals surface area (Å²) >= 11 is 5.87. The van der Waals surface area contributed by atoms with Gasteiger partial charge in [0.1, 0.15) is 0 Å². The van der Waals surface area contributed by atoms with Gasteiger partial charge in [-0.1, -0.05) is 48.9 Å². The van der Waals surface area contributed by atoms with Gasteiger partial charge in [-0.05, 0) is 43.3 Å². The van der Waals surface area contributed by atoms with Crippen molar-refractivity contribution in [2.24, 2.45) is 0 Å². The van der Waals surface area contributed by atoms with Crippen LogP contribution in [0.4, 0.5) is 0 Å². The van der Waals surface area contributed by atoms with Crippen molar-refractivity contribution >= 4 is 17.4 Å². The molecule has 1 atom stereocenters. The van der Waals surface area contributed by atoms with Gasteiger partial charge in [0.2, 0.25) is 0 Å². The van der Waals surface area contributed by atoms with E-state index < -0.39 is 0 Å². The van der Waals surface area contributed by atoms with Crippen LogP contribution in [0.15, 0.2) is 54.6 Å². The Morgan fingerprint density at radius 1 is 1.10 bits per heavy atom. The lowest BCUT2D eigenvalue weighted by Gasteiger charge is -2.27. The molecule has 110 valence electrons. The van der Waals surface area contributed by atoms with E-state index in [1.807, 2.05) is 25.1 Å². The molecule has 2 rings (SSSR count).